The maximum absolute atomic E-state index is 11.7. The van der Waals surface area contributed by atoms with Crippen LogP contribution in [0, 0.1) is 11.8 Å². The summed E-state index contributed by atoms with van der Waals surface area (Å²) in [4.78, 5) is 11.7. The molecule has 1 aromatic carbocycles. The molecule has 0 spiro atoms. The molecule has 1 atom stereocenters. The van der Waals surface area contributed by atoms with Crippen LogP contribution in [0.25, 0.3) is 0 Å². The number of ether oxygens (including phenoxy) is 2. The number of rotatable bonds is 9. The second-order valence-corrected chi connectivity index (χ2v) is 5.79. The maximum Gasteiger partial charge on any atom is 0.338 e. The smallest absolute Gasteiger partial charge is 0.338 e. The Morgan fingerprint density at radius 2 is 2.00 bits per heavy atom. The second-order valence-electron chi connectivity index (χ2n) is 5.79. The van der Waals surface area contributed by atoms with Crippen LogP contribution in [0.4, 0.5) is 0 Å². The average molecular weight is 292 g/mol. The molecule has 0 saturated carbocycles. The van der Waals surface area contributed by atoms with Crippen molar-refractivity contribution in [1.29, 1.82) is 0 Å². The van der Waals surface area contributed by atoms with Crippen molar-refractivity contribution < 1.29 is 14.3 Å². The standard InChI is InChI=1S/C18H28O3/c1-5-15(12-14(3)4)10-11-21-17-9-7-8-16(13-17)18(19)20-6-2/h7-9,13-15H,5-6,10-12H2,1-4H3. The van der Waals surface area contributed by atoms with Crippen LogP contribution in [-0.2, 0) is 4.74 Å². The zero-order chi connectivity index (χ0) is 15.7. The first-order valence-electron chi connectivity index (χ1n) is 7.96. The summed E-state index contributed by atoms with van der Waals surface area (Å²) < 4.78 is 10.8. The van der Waals surface area contributed by atoms with E-state index >= 15 is 0 Å². The van der Waals surface area contributed by atoms with E-state index in [1.165, 1.54) is 12.8 Å². The highest BCUT2D eigenvalue weighted by Gasteiger charge is 2.10. The highest BCUT2D eigenvalue weighted by molar-refractivity contribution is 5.89. The van der Waals surface area contributed by atoms with Gasteiger partial charge in [0.25, 0.3) is 0 Å². The van der Waals surface area contributed by atoms with Crippen molar-refractivity contribution in [3.63, 3.8) is 0 Å². The predicted molar refractivity (Wildman–Crippen MR) is 85.7 cm³/mol. The lowest BCUT2D eigenvalue weighted by Crippen LogP contribution is -2.09. The van der Waals surface area contributed by atoms with Crippen molar-refractivity contribution >= 4 is 5.97 Å². The molecule has 3 nitrogen and oxygen atoms in total. The van der Waals surface area contributed by atoms with Gasteiger partial charge >= 0.3 is 5.97 Å². The highest BCUT2D eigenvalue weighted by Crippen LogP contribution is 2.20. The van der Waals surface area contributed by atoms with Gasteiger partial charge in [-0.2, -0.15) is 0 Å². The summed E-state index contributed by atoms with van der Waals surface area (Å²) in [5, 5.41) is 0. The summed E-state index contributed by atoms with van der Waals surface area (Å²) in [6.45, 7) is 9.62. The molecular weight excluding hydrogens is 264 g/mol. The molecule has 0 aliphatic rings. The number of hydrogen-bond donors (Lipinski definition) is 0. The van der Waals surface area contributed by atoms with Crippen LogP contribution in [0.2, 0.25) is 0 Å². The van der Waals surface area contributed by atoms with Crippen LogP contribution in [-0.4, -0.2) is 19.2 Å². The molecule has 0 radical (unpaired) electrons. The van der Waals surface area contributed by atoms with Crippen LogP contribution in [0.1, 0.15) is 57.3 Å². The van der Waals surface area contributed by atoms with Gasteiger partial charge in [-0.3, -0.25) is 0 Å². The van der Waals surface area contributed by atoms with Gasteiger partial charge in [0.15, 0.2) is 0 Å². The number of carbonyl (C=O) groups is 1. The van der Waals surface area contributed by atoms with Crippen LogP contribution in [0.15, 0.2) is 24.3 Å². The van der Waals surface area contributed by atoms with Crippen LogP contribution in [0.3, 0.4) is 0 Å². The fourth-order valence-electron chi connectivity index (χ4n) is 2.43. The molecule has 0 bridgehead atoms. The van der Waals surface area contributed by atoms with E-state index in [9.17, 15) is 4.79 Å². The van der Waals surface area contributed by atoms with Gasteiger partial charge in [-0.05, 0) is 49.8 Å². The maximum atomic E-state index is 11.7. The Balaban J connectivity index is 2.48. The molecule has 0 amide bonds. The normalized spacial score (nSPS) is 12.2. The summed E-state index contributed by atoms with van der Waals surface area (Å²) >= 11 is 0. The molecule has 1 unspecified atom stereocenters. The van der Waals surface area contributed by atoms with Gasteiger partial charge in [0.1, 0.15) is 5.75 Å². The molecular formula is C18H28O3. The molecule has 118 valence electrons. The lowest BCUT2D eigenvalue weighted by atomic mass is 9.92. The van der Waals surface area contributed by atoms with Crippen molar-refractivity contribution in [3.05, 3.63) is 29.8 Å². The predicted octanol–water partition coefficient (Wildman–Crippen LogP) is 4.70. The second kappa shape index (κ2) is 9.43. The van der Waals surface area contributed by atoms with E-state index in [0.717, 1.165) is 18.1 Å². The summed E-state index contributed by atoms with van der Waals surface area (Å²) in [6, 6.07) is 7.21. The Kier molecular flexibility index (Phi) is 7.88. The third-order valence-electron chi connectivity index (χ3n) is 3.52. The Morgan fingerprint density at radius 3 is 2.62 bits per heavy atom. The Hall–Kier alpha value is -1.51. The summed E-state index contributed by atoms with van der Waals surface area (Å²) in [5.74, 6) is 1.87. The third kappa shape index (κ3) is 6.65. The Labute approximate surface area is 128 Å². The highest BCUT2D eigenvalue weighted by atomic mass is 16.5. The first kappa shape index (κ1) is 17.5. The number of benzene rings is 1. The van der Waals surface area contributed by atoms with Gasteiger partial charge in [0, 0.05) is 0 Å². The van der Waals surface area contributed by atoms with Crippen LogP contribution >= 0.6 is 0 Å². The quantitative estimate of drug-likeness (QED) is 0.619. The minimum absolute atomic E-state index is 0.297. The van der Waals surface area contributed by atoms with Crippen molar-refractivity contribution in [2.45, 2.75) is 47.0 Å². The van der Waals surface area contributed by atoms with E-state index in [-0.39, 0.29) is 5.97 Å². The molecule has 0 saturated heterocycles. The molecule has 0 aromatic heterocycles. The molecule has 1 aromatic rings. The largest absolute Gasteiger partial charge is 0.494 e. The molecule has 1 rings (SSSR count). The molecule has 21 heavy (non-hydrogen) atoms. The fraction of sp³-hybridized carbons (Fsp3) is 0.611. The summed E-state index contributed by atoms with van der Waals surface area (Å²) in [7, 11) is 0. The van der Waals surface area contributed by atoms with Crippen molar-refractivity contribution in [3.8, 4) is 5.75 Å². The van der Waals surface area contributed by atoms with E-state index in [4.69, 9.17) is 9.47 Å². The number of carbonyl (C=O) groups excluding carboxylic acids is 1. The minimum atomic E-state index is -0.297. The van der Waals surface area contributed by atoms with Crippen LogP contribution < -0.4 is 4.74 Å². The van der Waals surface area contributed by atoms with E-state index in [1.54, 1.807) is 19.1 Å². The number of hydrogen-bond acceptors (Lipinski definition) is 3. The zero-order valence-electron chi connectivity index (χ0n) is 13.7. The van der Waals surface area contributed by atoms with Gasteiger partial charge < -0.3 is 9.47 Å². The van der Waals surface area contributed by atoms with E-state index in [2.05, 4.69) is 20.8 Å². The van der Waals surface area contributed by atoms with E-state index in [0.29, 0.717) is 24.7 Å². The SMILES string of the molecule is CCOC(=O)c1cccc(OCCC(CC)CC(C)C)c1. The summed E-state index contributed by atoms with van der Waals surface area (Å²) in [6.07, 6.45) is 3.48. The van der Waals surface area contributed by atoms with Crippen molar-refractivity contribution in [1.82, 2.24) is 0 Å². The molecule has 3 heteroatoms. The van der Waals surface area contributed by atoms with Gasteiger partial charge in [0.2, 0.25) is 0 Å². The van der Waals surface area contributed by atoms with E-state index < -0.39 is 0 Å². The van der Waals surface area contributed by atoms with Gasteiger partial charge in [-0.25, -0.2) is 4.79 Å². The molecule has 0 fully saturated rings. The Morgan fingerprint density at radius 1 is 1.24 bits per heavy atom. The first-order chi connectivity index (χ1) is 10.1. The fourth-order valence-corrected chi connectivity index (χ4v) is 2.43. The average Bonchev–Trinajstić information content (AvgIpc) is 2.46. The Bertz CT molecular complexity index is 426. The number of esters is 1. The van der Waals surface area contributed by atoms with Gasteiger partial charge in [0.05, 0.1) is 18.8 Å². The lowest BCUT2D eigenvalue weighted by molar-refractivity contribution is 0.0526. The zero-order valence-corrected chi connectivity index (χ0v) is 13.7. The minimum Gasteiger partial charge on any atom is -0.494 e. The van der Waals surface area contributed by atoms with E-state index in [1.807, 2.05) is 12.1 Å². The summed E-state index contributed by atoms with van der Waals surface area (Å²) in [5.41, 5.74) is 0.545. The third-order valence-corrected chi connectivity index (χ3v) is 3.52. The lowest BCUT2D eigenvalue weighted by Gasteiger charge is -2.17. The van der Waals surface area contributed by atoms with Gasteiger partial charge in [-0.15, -0.1) is 0 Å². The topological polar surface area (TPSA) is 35.5 Å². The first-order valence-corrected chi connectivity index (χ1v) is 7.96. The van der Waals surface area contributed by atoms with Crippen molar-refractivity contribution in [2.24, 2.45) is 11.8 Å². The molecule has 0 N–H and O–H groups in total. The van der Waals surface area contributed by atoms with Gasteiger partial charge in [-0.1, -0.05) is 33.3 Å². The monoisotopic (exact) mass is 292 g/mol. The molecule has 0 aliphatic carbocycles. The molecule has 0 aliphatic heterocycles. The van der Waals surface area contributed by atoms with Crippen molar-refractivity contribution in [2.75, 3.05) is 13.2 Å². The molecule has 0 heterocycles. The van der Waals surface area contributed by atoms with Crippen LogP contribution in [0.5, 0.6) is 5.75 Å².